The highest BCUT2D eigenvalue weighted by Crippen LogP contribution is 2.35. The average Bonchev–Trinajstić information content (AvgIpc) is 2.71. The minimum Gasteiger partial charge on any atom is -0.374 e. The lowest BCUT2D eigenvalue weighted by Gasteiger charge is -2.41. The first-order valence-electron chi connectivity index (χ1n) is 9.43. The van der Waals surface area contributed by atoms with Crippen LogP contribution in [-0.4, -0.2) is 30.4 Å². The van der Waals surface area contributed by atoms with Crippen molar-refractivity contribution in [3.8, 4) is 6.07 Å². The summed E-state index contributed by atoms with van der Waals surface area (Å²) in [4.78, 5) is 17.1. The van der Waals surface area contributed by atoms with Gasteiger partial charge < -0.3 is 15.1 Å². The van der Waals surface area contributed by atoms with E-state index >= 15 is 0 Å². The van der Waals surface area contributed by atoms with Crippen molar-refractivity contribution in [1.29, 1.82) is 5.26 Å². The van der Waals surface area contributed by atoms with E-state index in [4.69, 9.17) is 5.26 Å². The molecule has 0 radical (unpaired) electrons. The zero-order valence-corrected chi connectivity index (χ0v) is 16.1. The van der Waals surface area contributed by atoms with Crippen LogP contribution in [0.15, 0.2) is 48.5 Å². The molecule has 0 unspecified atom stereocenters. The smallest absolute Gasteiger partial charge is 0.258 e. The van der Waals surface area contributed by atoms with Gasteiger partial charge in [-0.25, -0.2) is 0 Å². The summed E-state index contributed by atoms with van der Waals surface area (Å²) in [5.41, 5.74) is 3.71. The molecule has 5 heteroatoms. The molecule has 0 saturated carbocycles. The van der Waals surface area contributed by atoms with E-state index in [9.17, 15) is 4.79 Å². The first kappa shape index (κ1) is 18.8. The second-order valence-corrected chi connectivity index (χ2v) is 6.98. The number of anilines is 2. The Hall–Kier alpha value is -3.00. The van der Waals surface area contributed by atoms with Gasteiger partial charge in [-0.1, -0.05) is 31.2 Å². The number of para-hydroxylation sites is 1. The fourth-order valence-electron chi connectivity index (χ4n) is 3.42. The molecule has 1 N–H and O–H groups in total. The summed E-state index contributed by atoms with van der Waals surface area (Å²) in [6.45, 7) is 4.88. The Labute approximate surface area is 161 Å². The number of benzene rings is 2. The second-order valence-electron chi connectivity index (χ2n) is 6.98. The van der Waals surface area contributed by atoms with Gasteiger partial charge in [0.1, 0.15) is 6.17 Å². The Kier molecular flexibility index (Phi) is 5.66. The highest BCUT2D eigenvalue weighted by Gasteiger charge is 2.35. The number of hydrogen-bond acceptors (Lipinski definition) is 4. The normalized spacial score (nSPS) is 16.9. The van der Waals surface area contributed by atoms with Gasteiger partial charge in [-0.15, -0.1) is 0 Å². The van der Waals surface area contributed by atoms with E-state index < -0.39 is 0 Å². The summed E-state index contributed by atoms with van der Waals surface area (Å²) in [7, 11) is 1.98. The summed E-state index contributed by atoms with van der Waals surface area (Å²) in [5.74, 6) is 0.0684. The standard InChI is InChI=1S/C22H26N4O/c1-4-16(2)26-21(24-20-9-6-5-8-19(20)22(26)27)17-10-12-18(13-11-17)25(3)15-7-14-23/h5-6,8-13,16,21,24H,4,7,15H2,1-3H3/t16-,21-/m0/s1. The third kappa shape index (κ3) is 3.75. The number of carbonyl (C=O) groups is 1. The molecule has 140 valence electrons. The number of nitrogens with zero attached hydrogens (tertiary/aromatic N) is 3. The molecule has 2 aromatic rings. The van der Waals surface area contributed by atoms with E-state index in [-0.39, 0.29) is 18.1 Å². The van der Waals surface area contributed by atoms with Gasteiger partial charge in [-0.3, -0.25) is 4.79 Å². The number of rotatable bonds is 6. The van der Waals surface area contributed by atoms with Crippen molar-refractivity contribution < 1.29 is 4.79 Å². The Morgan fingerprint density at radius 2 is 1.93 bits per heavy atom. The van der Waals surface area contributed by atoms with Crippen LogP contribution in [0.4, 0.5) is 11.4 Å². The van der Waals surface area contributed by atoms with Crippen LogP contribution < -0.4 is 10.2 Å². The number of nitrogens with one attached hydrogen (secondary N) is 1. The summed E-state index contributed by atoms with van der Waals surface area (Å²) >= 11 is 0. The maximum Gasteiger partial charge on any atom is 0.258 e. The predicted octanol–water partition coefficient (Wildman–Crippen LogP) is 4.40. The lowest BCUT2D eigenvalue weighted by atomic mass is 10.0. The summed E-state index contributed by atoms with van der Waals surface area (Å²) < 4.78 is 0. The fraction of sp³-hybridized carbons (Fsp3) is 0.364. The quantitative estimate of drug-likeness (QED) is 0.827. The predicted molar refractivity (Wildman–Crippen MR) is 109 cm³/mol. The van der Waals surface area contributed by atoms with Gasteiger partial charge in [0.05, 0.1) is 18.1 Å². The molecule has 0 spiro atoms. The molecule has 0 aromatic heterocycles. The van der Waals surface area contributed by atoms with Crippen LogP contribution in [0.5, 0.6) is 0 Å². The fourth-order valence-corrected chi connectivity index (χ4v) is 3.42. The highest BCUT2D eigenvalue weighted by molar-refractivity contribution is 6.01. The van der Waals surface area contributed by atoms with Gasteiger partial charge in [0.15, 0.2) is 0 Å². The minimum absolute atomic E-state index is 0.0684. The van der Waals surface area contributed by atoms with E-state index in [1.807, 2.05) is 48.3 Å². The van der Waals surface area contributed by atoms with Crippen molar-refractivity contribution in [3.05, 3.63) is 59.7 Å². The third-order valence-electron chi connectivity index (χ3n) is 5.24. The number of nitriles is 1. The largest absolute Gasteiger partial charge is 0.374 e. The minimum atomic E-state index is -0.194. The van der Waals surface area contributed by atoms with Gasteiger partial charge in [0, 0.05) is 31.0 Å². The first-order valence-corrected chi connectivity index (χ1v) is 9.43. The highest BCUT2D eigenvalue weighted by atomic mass is 16.2. The van der Waals surface area contributed by atoms with Crippen molar-refractivity contribution in [2.45, 2.75) is 38.9 Å². The van der Waals surface area contributed by atoms with E-state index in [2.05, 4.69) is 42.3 Å². The maximum absolute atomic E-state index is 13.1. The van der Waals surface area contributed by atoms with E-state index in [1.165, 1.54) is 0 Å². The maximum atomic E-state index is 13.1. The molecule has 5 nitrogen and oxygen atoms in total. The van der Waals surface area contributed by atoms with Crippen molar-refractivity contribution in [3.63, 3.8) is 0 Å². The van der Waals surface area contributed by atoms with Gasteiger partial charge in [0.2, 0.25) is 0 Å². The molecule has 3 rings (SSSR count). The van der Waals surface area contributed by atoms with Crippen LogP contribution in [0.25, 0.3) is 0 Å². The lowest BCUT2D eigenvalue weighted by Crippen LogP contribution is -2.47. The van der Waals surface area contributed by atoms with Crippen LogP contribution in [-0.2, 0) is 0 Å². The molecule has 1 heterocycles. The zero-order valence-electron chi connectivity index (χ0n) is 16.1. The van der Waals surface area contributed by atoms with Gasteiger partial charge in [0.25, 0.3) is 5.91 Å². The van der Waals surface area contributed by atoms with Crippen LogP contribution in [0.1, 0.15) is 48.8 Å². The van der Waals surface area contributed by atoms with Gasteiger partial charge in [-0.05, 0) is 43.2 Å². The summed E-state index contributed by atoms with van der Waals surface area (Å²) in [6, 6.07) is 18.2. The van der Waals surface area contributed by atoms with Crippen LogP contribution in [0, 0.1) is 11.3 Å². The van der Waals surface area contributed by atoms with Crippen molar-refractivity contribution in [1.82, 2.24) is 4.90 Å². The molecule has 1 amide bonds. The van der Waals surface area contributed by atoms with Crippen LogP contribution >= 0.6 is 0 Å². The Balaban J connectivity index is 1.91. The summed E-state index contributed by atoms with van der Waals surface area (Å²) in [5, 5.41) is 12.3. The van der Waals surface area contributed by atoms with E-state index in [1.54, 1.807) is 0 Å². The van der Waals surface area contributed by atoms with Crippen molar-refractivity contribution in [2.75, 3.05) is 23.8 Å². The van der Waals surface area contributed by atoms with Crippen LogP contribution in [0.3, 0.4) is 0 Å². The lowest BCUT2D eigenvalue weighted by molar-refractivity contribution is 0.0593. The Morgan fingerprint density at radius 1 is 1.22 bits per heavy atom. The number of amides is 1. The summed E-state index contributed by atoms with van der Waals surface area (Å²) in [6.07, 6.45) is 1.19. The first-order chi connectivity index (χ1) is 13.1. The third-order valence-corrected chi connectivity index (χ3v) is 5.24. The van der Waals surface area contributed by atoms with E-state index in [0.717, 1.165) is 28.9 Å². The van der Waals surface area contributed by atoms with Gasteiger partial charge >= 0.3 is 0 Å². The molecular weight excluding hydrogens is 336 g/mol. The molecule has 0 saturated heterocycles. The molecule has 27 heavy (non-hydrogen) atoms. The van der Waals surface area contributed by atoms with Crippen molar-refractivity contribution >= 4 is 17.3 Å². The molecule has 0 fully saturated rings. The molecule has 1 aliphatic rings. The average molecular weight is 362 g/mol. The molecule has 1 aliphatic heterocycles. The zero-order chi connectivity index (χ0) is 19.4. The van der Waals surface area contributed by atoms with Crippen LogP contribution in [0.2, 0.25) is 0 Å². The SMILES string of the molecule is CC[C@H](C)N1C(=O)c2ccccc2N[C@@H]1c1ccc(N(C)CCC#N)cc1. The number of fused-ring (bicyclic) bond motifs is 1. The molecule has 0 bridgehead atoms. The second kappa shape index (κ2) is 8.13. The molecule has 2 aromatic carbocycles. The Morgan fingerprint density at radius 3 is 2.59 bits per heavy atom. The monoisotopic (exact) mass is 362 g/mol. The number of carbonyl (C=O) groups excluding carboxylic acids is 1. The van der Waals surface area contributed by atoms with Gasteiger partial charge in [-0.2, -0.15) is 5.26 Å². The number of hydrogen-bond donors (Lipinski definition) is 1. The molecule has 0 aliphatic carbocycles. The molecular formula is C22H26N4O. The topological polar surface area (TPSA) is 59.4 Å². The van der Waals surface area contributed by atoms with Crippen molar-refractivity contribution in [2.24, 2.45) is 0 Å². The van der Waals surface area contributed by atoms with E-state index in [0.29, 0.717) is 13.0 Å². The Bertz CT molecular complexity index is 840. The molecule has 2 atom stereocenters.